The molecule has 0 aliphatic carbocycles. The molecule has 0 atom stereocenters. The Labute approximate surface area is 145 Å². The van der Waals surface area contributed by atoms with Gasteiger partial charge in [-0.05, 0) is 19.5 Å². The summed E-state index contributed by atoms with van der Waals surface area (Å²) in [6.45, 7) is 8.15. The van der Waals surface area contributed by atoms with Gasteiger partial charge in [-0.15, -0.1) is 0 Å². The number of hydrogen-bond acceptors (Lipinski definition) is 6. The van der Waals surface area contributed by atoms with Crippen LogP contribution in [0.15, 0.2) is 33.2 Å². The molecule has 7 nitrogen and oxygen atoms in total. The lowest BCUT2D eigenvalue weighted by Gasteiger charge is -2.33. The normalized spacial score (nSPS) is 15.8. The molecule has 7 heteroatoms. The van der Waals surface area contributed by atoms with E-state index in [0.717, 1.165) is 36.2 Å². The first-order valence-corrected chi connectivity index (χ1v) is 8.51. The third-order valence-corrected chi connectivity index (χ3v) is 4.76. The van der Waals surface area contributed by atoms with Gasteiger partial charge in [-0.2, -0.15) is 4.98 Å². The first-order chi connectivity index (χ1) is 12.2. The number of para-hydroxylation sites is 1. The predicted molar refractivity (Wildman–Crippen MR) is 92.3 cm³/mol. The fraction of sp³-hybridized carbons (Fsp3) is 0.389. The highest BCUT2D eigenvalue weighted by Gasteiger charge is 2.27. The molecule has 0 unspecified atom stereocenters. The quantitative estimate of drug-likeness (QED) is 0.729. The summed E-state index contributed by atoms with van der Waals surface area (Å²) in [5.74, 6) is 0.645. The Morgan fingerprint density at radius 1 is 1.20 bits per heavy atom. The number of likely N-dealkylation sites (N-methyl/N-ethyl adjacent to an activating group) is 1. The molecule has 4 rings (SSSR count). The van der Waals surface area contributed by atoms with Gasteiger partial charge in [0.25, 0.3) is 0 Å². The van der Waals surface area contributed by atoms with Gasteiger partial charge in [0.1, 0.15) is 5.58 Å². The number of carbonyl (C=O) groups is 1. The molecule has 130 valence electrons. The maximum atomic E-state index is 12.6. The number of nitrogens with zero attached hydrogens (tertiary/aromatic N) is 4. The van der Waals surface area contributed by atoms with Crippen molar-refractivity contribution in [2.45, 2.75) is 13.8 Å². The summed E-state index contributed by atoms with van der Waals surface area (Å²) in [5.41, 5.74) is 1.70. The zero-order chi connectivity index (χ0) is 17.4. The van der Waals surface area contributed by atoms with Gasteiger partial charge in [0.15, 0.2) is 5.76 Å². The molecular formula is C18H20N4O3. The molecule has 2 aromatic heterocycles. The van der Waals surface area contributed by atoms with Gasteiger partial charge in [0.2, 0.25) is 5.82 Å². The van der Waals surface area contributed by atoms with Crippen molar-refractivity contribution in [1.82, 2.24) is 19.9 Å². The van der Waals surface area contributed by atoms with Gasteiger partial charge in [0.05, 0.1) is 0 Å². The Balaban J connectivity index is 1.57. The Hall–Kier alpha value is -2.67. The molecule has 1 saturated heterocycles. The molecule has 1 aromatic carbocycles. The van der Waals surface area contributed by atoms with Crippen LogP contribution in [-0.2, 0) is 0 Å². The molecule has 3 heterocycles. The lowest BCUT2D eigenvalue weighted by atomic mass is 10.1. The van der Waals surface area contributed by atoms with E-state index in [1.807, 2.05) is 31.2 Å². The number of piperazine rings is 1. The monoisotopic (exact) mass is 340 g/mol. The van der Waals surface area contributed by atoms with Gasteiger partial charge < -0.3 is 18.7 Å². The average molecular weight is 340 g/mol. The predicted octanol–water partition coefficient (Wildman–Crippen LogP) is 2.57. The number of aryl methyl sites for hydroxylation is 1. The summed E-state index contributed by atoms with van der Waals surface area (Å²) in [5, 5.41) is 4.96. The number of fused-ring (bicyclic) bond motifs is 1. The van der Waals surface area contributed by atoms with Gasteiger partial charge >= 0.3 is 11.8 Å². The van der Waals surface area contributed by atoms with Gasteiger partial charge in [-0.3, -0.25) is 4.79 Å². The maximum absolute atomic E-state index is 12.6. The second-order valence-corrected chi connectivity index (χ2v) is 6.20. The van der Waals surface area contributed by atoms with E-state index >= 15 is 0 Å². The van der Waals surface area contributed by atoms with Gasteiger partial charge in [-0.25, -0.2) is 0 Å². The summed E-state index contributed by atoms with van der Waals surface area (Å²) in [7, 11) is 0. The molecule has 0 radical (unpaired) electrons. The second kappa shape index (κ2) is 6.33. The van der Waals surface area contributed by atoms with Crippen molar-refractivity contribution in [3.8, 4) is 11.6 Å². The minimum atomic E-state index is -0.219. The number of carbonyl (C=O) groups excluding carboxylic acids is 1. The van der Waals surface area contributed by atoms with Crippen LogP contribution in [0.4, 0.5) is 0 Å². The highest BCUT2D eigenvalue weighted by molar-refractivity contribution is 5.90. The number of hydrogen-bond donors (Lipinski definition) is 0. The van der Waals surface area contributed by atoms with Crippen molar-refractivity contribution in [2.75, 3.05) is 32.7 Å². The van der Waals surface area contributed by atoms with E-state index in [-0.39, 0.29) is 11.8 Å². The molecule has 1 fully saturated rings. The van der Waals surface area contributed by atoms with E-state index in [0.29, 0.717) is 24.7 Å². The first-order valence-electron chi connectivity index (χ1n) is 8.51. The van der Waals surface area contributed by atoms with Crippen LogP contribution in [0.5, 0.6) is 0 Å². The van der Waals surface area contributed by atoms with Crippen molar-refractivity contribution in [2.24, 2.45) is 0 Å². The van der Waals surface area contributed by atoms with E-state index < -0.39 is 0 Å². The first kappa shape index (κ1) is 15.8. The SMILES string of the molecule is CCN1CCN(C(=O)c2nc(-c3oc4ccccc4c3C)no2)CC1. The molecule has 0 saturated carbocycles. The van der Waals surface area contributed by atoms with E-state index in [1.54, 1.807) is 4.90 Å². The van der Waals surface area contributed by atoms with Crippen LogP contribution in [0.2, 0.25) is 0 Å². The molecular weight excluding hydrogens is 320 g/mol. The van der Waals surface area contributed by atoms with Gasteiger partial charge in [-0.1, -0.05) is 30.3 Å². The fourth-order valence-electron chi connectivity index (χ4n) is 3.19. The number of aromatic nitrogens is 2. The minimum Gasteiger partial charge on any atom is -0.452 e. The summed E-state index contributed by atoms with van der Waals surface area (Å²) in [6, 6.07) is 7.74. The third-order valence-electron chi connectivity index (χ3n) is 4.76. The molecule has 0 bridgehead atoms. The lowest BCUT2D eigenvalue weighted by Crippen LogP contribution is -2.48. The standard InChI is InChI=1S/C18H20N4O3/c1-3-21-8-10-22(11-9-21)18(23)17-19-16(20-25-17)15-12(2)13-6-4-5-7-14(13)24-15/h4-7H,3,8-11H2,1-2H3. The van der Waals surface area contributed by atoms with Crippen LogP contribution in [0.25, 0.3) is 22.6 Å². The van der Waals surface area contributed by atoms with Crippen LogP contribution >= 0.6 is 0 Å². The van der Waals surface area contributed by atoms with Crippen LogP contribution in [0, 0.1) is 6.92 Å². The number of amides is 1. The van der Waals surface area contributed by atoms with E-state index in [4.69, 9.17) is 8.94 Å². The largest absolute Gasteiger partial charge is 0.452 e. The summed E-state index contributed by atoms with van der Waals surface area (Å²) in [4.78, 5) is 20.9. The van der Waals surface area contributed by atoms with Crippen LogP contribution in [-0.4, -0.2) is 58.6 Å². The van der Waals surface area contributed by atoms with Crippen LogP contribution in [0.1, 0.15) is 23.2 Å². The molecule has 3 aromatic rings. The molecule has 0 spiro atoms. The molecule has 1 amide bonds. The molecule has 1 aliphatic rings. The highest BCUT2D eigenvalue weighted by Crippen LogP contribution is 2.31. The number of rotatable bonds is 3. The summed E-state index contributed by atoms with van der Waals surface area (Å²) in [6.07, 6.45) is 0. The smallest absolute Gasteiger partial charge is 0.316 e. The Morgan fingerprint density at radius 3 is 2.68 bits per heavy atom. The Bertz CT molecular complexity index is 906. The van der Waals surface area contributed by atoms with Crippen molar-refractivity contribution in [3.05, 3.63) is 35.7 Å². The van der Waals surface area contributed by atoms with Crippen molar-refractivity contribution < 1.29 is 13.7 Å². The van der Waals surface area contributed by atoms with Crippen LogP contribution in [0.3, 0.4) is 0 Å². The van der Waals surface area contributed by atoms with Crippen molar-refractivity contribution in [3.63, 3.8) is 0 Å². The fourth-order valence-corrected chi connectivity index (χ4v) is 3.19. The summed E-state index contributed by atoms with van der Waals surface area (Å²) < 4.78 is 11.0. The maximum Gasteiger partial charge on any atom is 0.316 e. The zero-order valence-electron chi connectivity index (χ0n) is 14.4. The highest BCUT2D eigenvalue weighted by atomic mass is 16.5. The minimum absolute atomic E-state index is 0.0137. The van der Waals surface area contributed by atoms with E-state index in [2.05, 4.69) is 22.0 Å². The van der Waals surface area contributed by atoms with E-state index in [9.17, 15) is 4.79 Å². The number of benzene rings is 1. The van der Waals surface area contributed by atoms with Gasteiger partial charge in [0, 0.05) is 37.1 Å². The molecule has 25 heavy (non-hydrogen) atoms. The third kappa shape index (κ3) is 2.80. The molecule has 0 N–H and O–H groups in total. The Kier molecular flexibility index (Phi) is 4.01. The van der Waals surface area contributed by atoms with Crippen molar-refractivity contribution >= 4 is 16.9 Å². The summed E-state index contributed by atoms with van der Waals surface area (Å²) >= 11 is 0. The lowest BCUT2D eigenvalue weighted by molar-refractivity contribution is 0.0595. The Morgan fingerprint density at radius 2 is 1.96 bits per heavy atom. The van der Waals surface area contributed by atoms with Crippen molar-refractivity contribution in [1.29, 1.82) is 0 Å². The topological polar surface area (TPSA) is 75.6 Å². The average Bonchev–Trinajstić information content (AvgIpc) is 3.27. The van der Waals surface area contributed by atoms with Crippen LogP contribution < -0.4 is 0 Å². The molecule has 1 aliphatic heterocycles. The number of furan rings is 1. The zero-order valence-corrected chi connectivity index (χ0v) is 14.4. The van der Waals surface area contributed by atoms with E-state index in [1.165, 1.54) is 0 Å². The second-order valence-electron chi connectivity index (χ2n) is 6.20.